The number of carbonyl (C=O) groups is 2. The Labute approximate surface area is 191 Å². The molecule has 6 heteroatoms. The van der Waals surface area contributed by atoms with E-state index in [2.05, 4.69) is 20.6 Å². The van der Waals surface area contributed by atoms with Crippen LogP contribution in [0.5, 0.6) is 0 Å². The fourth-order valence-electron chi connectivity index (χ4n) is 4.10. The molecule has 162 valence electrons. The van der Waals surface area contributed by atoms with Crippen molar-refractivity contribution in [3.05, 3.63) is 101 Å². The maximum absolute atomic E-state index is 12.7. The Balaban J connectivity index is 1.46. The van der Waals surface area contributed by atoms with Gasteiger partial charge in [-0.1, -0.05) is 55.5 Å². The fourth-order valence-corrected chi connectivity index (χ4v) is 4.10. The number of fused-ring (bicyclic) bond motifs is 3. The Morgan fingerprint density at radius 3 is 2.64 bits per heavy atom. The number of aromatic nitrogens is 1. The van der Waals surface area contributed by atoms with Gasteiger partial charge in [-0.25, -0.2) is 0 Å². The molecular weight excluding hydrogens is 412 g/mol. The predicted octanol–water partition coefficient (Wildman–Crippen LogP) is 4.84. The molecule has 2 heterocycles. The number of amides is 2. The normalized spacial score (nSPS) is 13.0. The molecule has 0 spiro atoms. The highest BCUT2D eigenvalue weighted by molar-refractivity contribution is 6.23. The summed E-state index contributed by atoms with van der Waals surface area (Å²) in [5.74, 6) is -0.333. The van der Waals surface area contributed by atoms with Crippen LogP contribution in [0.3, 0.4) is 0 Å². The van der Waals surface area contributed by atoms with Crippen LogP contribution in [0.2, 0.25) is 0 Å². The molecule has 6 nitrogen and oxygen atoms in total. The van der Waals surface area contributed by atoms with E-state index in [1.54, 1.807) is 18.3 Å². The van der Waals surface area contributed by atoms with Crippen molar-refractivity contribution in [3.8, 4) is 0 Å². The number of aliphatic imine (C=N–C) groups is 1. The lowest BCUT2D eigenvalue weighted by Crippen LogP contribution is -2.15. The molecule has 0 unspecified atom stereocenters. The van der Waals surface area contributed by atoms with Crippen molar-refractivity contribution in [2.45, 2.75) is 13.3 Å². The summed E-state index contributed by atoms with van der Waals surface area (Å²) in [6, 6.07) is 23.0. The Kier molecular flexibility index (Phi) is 5.40. The minimum Gasteiger partial charge on any atom is -0.323 e. The van der Waals surface area contributed by atoms with E-state index in [1.165, 1.54) is 0 Å². The van der Waals surface area contributed by atoms with Gasteiger partial charge in [0.2, 0.25) is 5.91 Å². The summed E-state index contributed by atoms with van der Waals surface area (Å²) in [7, 11) is 0. The Hall–Kier alpha value is -4.32. The van der Waals surface area contributed by atoms with Gasteiger partial charge >= 0.3 is 0 Å². The SMILES string of the molecule is CCc1ncccc1C(=O)Nc1ccc(C2=NCC(=O)Nc3c2ccc2ccccc32)cc1. The van der Waals surface area contributed by atoms with Crippen LogP contribution < -0.4 is 10.6 Å². The average Bonchev–Trinajstić information content (AvgIpc) is 3.03. The van der Waals surface area contributed by atoms with Crippen molar-refractivity contribution in [1.82, 2.24) is 4.98 Å². The van der Waals surface area contributed by atoms with E-state index in [1.807, 2.05) is 67.6 Å². The first-order valence-corrected chi connectivity index (χ1v) is 10.9. The summed E-state index contributed by atoms with van der Waals surface area (Å²) in [5.41, 5.74) is 5.28. The van der Waals surface area contributed by atoms with Crippen molar-refractivity contribution in [2.75, 3.05) is 17.2 Å². The quantitative estimate of drug-likeness (QED) is 0.482. The highest BCUT2D eigenvalue weighted by Gasteiger charge is 2.20. The lowest BCUT2D eigenvalue weighted by atomic mass is 9.96. The molecule has 0 atom stereocenters. The number of aryl methyl sites for hydroxylation is 1. The second kappa shape index (κ2) is 8.67. The van der Waals surface area contributed by atoms with E-state index < -0.39 is 0 Å². The van der Waals surface area contributed by atoms with E-state index in [-0.39, 0.29) is 18.4 Å². The van der Waals surface area contributed by atoms with Crippen LogP contribution in [0.4, 0.5) is 11.4 Å². The molecule has 0 saturated heterocycles. The van der Waals surface area contributed by atoms with Crippen molar-refractivity contribution in [3.63, 3.8) is 0 Å². The summed E-state index contributed by atoms with van der Waals surface area (Å²) in [5, 5.41) is 7.99. The zero-order valence-electron chi connectivity index (χ0n) is 18.1. The summed E-state index contributed by atoms with van der Waals surface area (Å²) in [4.78, 5) is 34.0. The predicted molar refractivity (Wildman–Crippen MR) is 131 cm³/mol. The summed E-state index contributed by atoms with van der Waals surface area (Å²) in [6.07, 6.45) is 2.38. The van der Waals surface area contributed by atoms with Crippen LogP contribution in [-0.4, -0.2) is 29.1 Å². The maximum atomic E-state index is 12.7. The molecule has 0 saturated carbocycles. The van der Waals surface area contributed by atoms with Gasteiger partial charge in [0, 0.05) is 28.4 Å². The maximum Gasteiger partial charge on any atom is 0.257 e. The minimum atomic E-state index is -0.189. The highest BCUT2D eigenvalue weighted by Crippen LogP contribution is 2.31. The van der Waals surface area contributed by atoms with E-state index in [0.29, 0.717) is 17.7 Å². The molecular formula is C27H22N4O2. The number of anilines is 2. The molecule has 2 amide bonds. The summed E-state index contributed by atoms with van der Waals surface area (Å²) >= 11 is 0. The van der Waals surface area contributed by atoms with Gasteiger partial charge in [0.05, 0.1) is 22.7 Å². The molecule has 0 fully saturated rings. The number of pyridine rings is 1. The van der Waals surface area contributed by atoms with Gasteiger partial charge in [-0.05, 0) is 36.1 Å². The first kappa shape index (κ1) is 20.6. The smallest absolute Gasteiger partial charge is 0.257 e. The number of carbonyl (C=O) groups excluding carboxylic acids is 2. The van der Waals surface area contributed by atoms with Crippen LogP contribution in [0.15, 0.2) is 84.0 Å². The lowest BCUT2D eigenvalue weighted by Gasteiger charge is -2.14. The number of nitrogens with zero attached hydrogens (tertiary/aromatic N) is 2. The Morgan fingerprint density at radius 2 is 1.82 bits per heavy atom. The van der Waals surface area contributed by atoms with Gasteiger partial charge in [0.25, 0.3) is 5.91 Å². The summed E-state index contributed by atoms with van der Waals surface area (Å²) < 4.78 is 0. The van der Waals surface area contributed by atoms with E-state index in [0.717, 1.165) is 39.0 Å². The third-order valence-electron chi connectivity index (χ3n) is 5.72. The molecule has 1 aliphatic rings. The molecule has 2 N–H and O–H groups in total. The molecule has 1 aromatic heterocycles. The summed E-state index contributed by atoms with van der Waals surface area (Å²) in [6.45, 7) is 2.03. The number of hydrogen-bond acceptors (Lipinski definition) is 4. The van der Waals surface area contributed by atoms with Crippen LogP contribution in [0.25, 0.3) is 10.8 Å². The molecule has 0 bridgehead atoms. The fraction of sp³-hybridized carbons (Fsp3) is 0.111. The molecule has 33 heavy (non-hydrogen) atoms. The topological polar surface area (TPSA) is 83.5 Å². The first-order chi connectivity index (χ1) is 16.1. The Bertz CT molecular complexity index is 1410. The van der Waals surface area contributed by atoms with Crippen molar-refractivity contribution in [2.24, 2.45) is 4.99 Å². The standard InChI is InChI=1S/C27H22N4O2/c1-2-23-21(8-5-15-28-23)27(33)30-19-12-9-18(10-13-19)25-22-14-11-17-6-3-4-7-20(17)26(22)31-24(32)16-29-25/h3-15H,2,16H2,1H3,(H,30,33)(H,31,32). The number of nitrogens with one attached hydrogen (secondary N) is 2. The van der Waals surface area contributed by atoms with Gasteiger partial charge in [0.15, 0.2) is 0 Å². The van der Waals surface area contributed by atoms with Gasteiger partial charge in [-0.15, -0.1) is 0 Å². The van der Waals surface area contributed by atoms with Crippen molar-refractivity contribution >= 4 is 39.7 Å². The first-order valence-electron chi connectivity index (χ1n) is 10.9. The van der Waals surface area contributed by atoms with Crippen LogP contribution >= 0.6 is 0 Å². The van der Waals surface area contributed by atoms with Crippen LogP contribution in [-0.2, 0) is 11.2 Å². The molecule has 5 rings (SSSR count). The van der Waals surface area contributed by atoms with Crippen molar-refractivity contribution < 1.29 is 9.59 Å². The number of hydrogen-bond donors (Lipinski definition) is 2. The minimum absolute atomic E-state index is 0.0532. The number of benzene rings is 3. The lowest BCUT2D eigenvalue weighted by molar-refractivity contribution is -0.114. The second-order valence-electron chi connectivity index (χ2n) is 7.80. The van der Waals surface area contributed by atoms with E-state index >= 15 is 0 Å². The third-order valence-corrected chi connectivity index (χ3v) is 5.72. The van der Waals surface area contributed by atoms with E-state index in [4.69, 9.17) is 0 Å². The van der Waals surface area contributed by atoms with Gasteiger partial charge in [-0.2, -0.15) is 0 Å². The molecule has 4 aromatic rings. The molecule has 1 aliphatic heterocycles. The third kappa shape index (κ3) is 3.99. The van der Waals surface area contributed by atoms with Crippen LogP contribution in [0, 0.1) is 0 Å². The monoisotopic (exact) mass is 434 g/mol. The van der Waals surface area contributed by atoms with Gasteiger partial charge in [0.1, 0.15) is 6.54 Å². The van der Waals surface area contributed by atoms with Gasteiger partial charge < -0.3 is 10.6 Å². The van der Waals surface area contributed by atoms with Gasteiger partial charge in [-0.3, -0.25) is 19.6 Å². The Morgan fingerprint density at radius 1 is 1.00 bits per heavy atom. The molecule has 0 aliphatic carbocycles. The van der Waals surface area contributed by atoms with Crippen LogP contribution in [0.1, 0.15) is 34.1 Å². The molecule has 3 aromatic carbocycles. The number of rotatable bonds is 4. The highest BCUT2D eigenvalue weighted by atomic mass is 16.2. The molecule has 0 radical (unpaired) electrons. The van der Waals surface area contributed by atoms with Crippen molar-refractivity contribution in [1.29, 1.82) is 0 Å². The second-order valence-corrected chi connectivity index (χ2v) is 7.80. The average molecular weight is 434 g/mol. The van der Waals surface area contributed by atoms with E-state index in [9.17, 15) is 9.59 Å². The zero-order valence-corrected chi connectivity index (χ0v) is 18.1. The largest absolute Gasteiger partial charge is 0.323 e. The zero-order chi connectivity index (χ0) is 22.8.